The fourth-order valence-corrected chi connectivity index (χ4v) is 2.83. The maximum absolute atomic E-state index is 12.3. The summed E-state index contributed by atoms with van der Waals surface area (Å²) in [6.07, 6.45) is 0.810. The minimum atomic E-state index is -0.536. The second-order valence-corrected chi connectivity index (χ2v) is 7.37. The molecule has 2 rings (SSSR count). The van der Waals surface area contributed by atoms with Gasteiger partial charge >= 0.3 is 12.2 Å². The number of carbonyl (C=O) groups is 2. The van der Waals surface area contributed by atoms with Crippen LogP contribution in [0.3, 0.4) is 0 Å². The molecule has 6 heteroatoms. The number of ether oxygens (including phenoxy) is 2. The average molecular weight is 348 g/mol. The van der Waals surface area contributed by atoms with E-state index < -0.39 is 11.7 Å². The summed E-state index contributed by atoms with van der Waals surface area (Å²) >= 11 is 0. The van der Waals surface area contributed by atoms with Crippen LogP contribution in [0.15, 0.2) is 30.3 Å². The van der Waals surface area contributed by atoms with E-state index in [1.165, 1.54) is 0 Å². The van der Waals surface area contributed by atoms with Crippen molar-refractivity contribution < 1.29 is 19.1 Å². The molecule has 0 unspecified atom stereocenters. The van der Waals surface area contributed by atoms with E-state index in [2.05, 4.69) is 5.32 Å². The number of hydrogen-bond acceptors (Lipinski definition) is 4. The molecule has 0 bridgehead atoms. The number of benzene rings is 1. The molecule has 1 aliphatic rings. The highest BCUT2D eigenvalue weighted by atomic mass is 16.6. The summed E-state index contributed by atoms with van der Waals surface area (Å²) in [5, 5.41) is 2.88. The molecule has 2 amide bonds. The minimum Gasteiger partial charge on any atom is -0.445 e. The lowest BCUT2D eigenvalue weighted by atomic mass is 9.98. The standard InChI is InChI=1S/C19H28N2O4/c1-14-16(11-8-12-21(14)18(23)25-19(2,3)4)20-17(22)24-13-15-9-6-5-7-10-15/h5-7,9-10,14,16H,8,11-13H2,1-4H3,(H,20,22)/t14-,16-/m1/s1. The van der Waals surface area contributed by atoms with Crippen LogP contribution in [0.2, 0.25) is 0 Å². The van der Waals surface area contributed by atoms with Gasteiger partial charge in [-0.05, 0) is 46.1 Å². The highest BCUT2D eigenvalue weighted by Gasteiger charge is 2.34. The van der Waals surface area contributed by atoms with Gasteiger partial charge in [-0.25, -0.2) is 9.59 Å². The first kappa shape index (κ1) is 19.1. The molecule has 0 saturated carbocycles. The van der Waals surface area contributed by atoms with E-state index in [4.69, 9.17) is 9.47 Å². The Balaban J connectivity index is 1.86. The van der Waals surface area contributed by atoms with Gasteiger partial charge in [-0.3, -0.25) is 0 Å². The van der Waals surface area contributed by atoms with Crippen LogP contribution in [0.25, 0.3) is 0 Å². The number of nitrogens with zero attached hydrogens (tertiary/aromatic N) is 1. The van der Waals surface area contributed by atoms with E-state index in [0.29, 0.717) is 6.54 Å². The Bertz CT molecular complexity index is 583. The summed E-state index contributed by atoms with van der Waals surface area (Å²) in [5.74, 6) is 0. The third kappa shape index (κ3) is 5.96. The van der Waals surface area contributed by atoms with Crippen molar-refractivity contribution in [2.75, 3.05) is 6.54 Å². The molecule has 1 saturated heterocycles. The first-order chi connectivity index (χ1) is 11.8. The molecule has 2 atom stereocenters. The SMILES string of the molecule is C[C@@H]1[C@H](NC(=O)OCc2ccccc2)CCCN1C(=O)OC(C)(C)C. The van der Waals surface area contributed by atoms with Gasteiger partial charge in [0.1, 0.15) is 12.2 Å². The molecule has 6 nitrogen and oxygen atoms in total. The second kappa shape index (κ2) is 8.23. The van der Waals surface area contributed by atoms with E-state index in [0.717, 1.165) is 18.4 Å². The van der Waals surface area contributed by atoms with Gasteiger partial charge in [0.25, 0.3) is 0 Å². The lowest BCUT2D eigenvalue weighted by Crippen LogP contribution is -2.56. The molecule has 0 aliphatic carbocycles. The molecule has 1 heterocycles. The summed E-state index contributed by atoms with van der Waals surface area (Å²) in [6, 6.07) is 9.23. The Hall–Kier alpha value is -2.24. The van der Waals surface area contributed by atoms with Gasteiger partial charge in [-0.15, -0.1) is 0 Å². The number of alkyl carbamates (subject to hydrolysis) is 1. The van der Waals surface area contributed by atoms with Crippen LogP contribution < -0.4 is 5.32 Å². The quantitative estimate of drug-likeness (QED) is 0.904. The minimum absolute atomic E-state index is 0.145. The third-order valence-corrected chi connectivity index (χ3v) is 4.13. The van der Waals surface area contributed by atoms with E-state index in [9.17, 15) is 9.59 Å². The first-order valence-corrected chi connectivity index (χ1v) is 8.73. The summed E-state index contributed by atoms with van der Waals surface area (Å²) in [4.78, 5) is 26.1. The maximum atomic E-state index is 12.3. The lowest BCUT2D eigenvalue weighted by molar-refractivity contribution is 0.00666. The Labute approximate surface area is 149 Å². The van der Waals surface area contributed by atoms with Crippen molar-refractivity contribution in [2.24, 2.45) is 0 Å². The molecular formula is C19H28N2O4. The molecule has 1 aliphatic heterocycles. The summed E-state index contributed by atoms with van der Waals surface area (Å²) in [5.41, 5.74) is 0.399. The van der Waals surface area contributed by atoms with Crippen molar-refractivity contribution in [1.29, 1.82) is 0 Å². The van der Waals surface area contributed by atoms with Gasteiger partial charge in [0.2, 0.25) is 0 Å². The predicted octanol–water partition coefficient (Wildman–Crippen LogP) is 3.70. The third-order valence-electron chi connectivity index (χ3n) is 4.13. The van der Waals surface area contributed by atoms with E-state index >= 15 is 0 Å². The molecular weight excluding hydrogens is 320 g/mol. The van der Waals surface area contributed by atoms with E-state index in [1.807, 2.05) is 58.0 Å². The van der Waals surface area contributed by atoms with E-state index in [-0.39, 0.29) is 24.8 Å². The average Bonchev–Trinajstić information content (AvgIpc) is 2.54. The van der Waals surface area contributed by atoms with Gasteiger partial charge in [0.05, 0.1) is 12.1 Å². The zero-order valence-electron chi connectivity index (χ0n) is 15.5. The van der Waals surface area contributed by atoms with Crippen LogP contribution in [0.5, 0.6) is 0 Å². The second-order valence-electron chi connectivity index (χ2n) is 7.37. The molecule has 138 valence electrons. The highest BCUT2D eigenvalue weighted by molar-refractivity contribution is 5.70. The largest absolute Gasteiger partial charge is 0.445 e. The van der Waals surface area contributed by atoms with Gasteiger partial charge in [0, 0.05) is 6.54 Å². The van der Waals surface area contributed by atoms with Crippen LogP contribution in [0.1, 0.15) is 46.1 Å². The van der Waals surface area contributed by atoms with Crippen LogP contribution in [0, 0.1) is 0 Å². The van der Waals surface area contributed by atoms with E-state index in [1.54, 1.807) is 4.90 Å². The molecule has 1 aromatic carbocycles. The molecule has 1 aromatic rings. The van der Waals surface area contributed by atoms with Crippen LogP contribution in [-0.4, -0.2) is 41.3 Å². The van der Waals surface area contributed by atoms with Crippen LogP contribution >= 0.6 is 0 Å². The monoisotopic (exact) mass is 348 g/mol. The topological polar surface area (TPSA) is 67.9 Å². The number of hydrogen-bond donors (Lipinski definition) is 1. The Morgan fingerprint density at radius 1 is 1.24 bits per heavy atom. The summed E-state index contributed by atoms with van der Waals surface area (Å²) in [6.45, 7) is 8.31. The number of carbonyl (C=O) groups excluding carboxylic acids is 2. The number of amides is 2. The first-order valence-electron chi connectivity index (χ1n) is 8.73. The highest BCUT2D eigenvalue weighted by Crippen LogP contribution is 2.21. The molecule has 0 aromatic heterocycles. The van der Waals surface area contributed by atoms with Crippen LogP contribution in [-0.2, 0) is 16.1 Å². The maximum Gasteiger partial charge on any atom is 0.410 e. The number of piperidine rings is 1. The van der Waals surface area contributed by atoms with Gasteiger partial charge in [-0.1, -0.05) is 30.3 Å². The van der Waals surface area contributed by atoms with Gasteiger partial charge in [-0.2, -0.15) is 0 Å². The Kier molecular flexibility index (Phi) is 6.28. The van der Waals surface area contributed by atoms with Crippen molar-refractivity contribution in [3.63, 3.8) is 0 Å². The van der Waals surface area contributed by atoms with Crippen molar-refractivity contribution in [1.82, 2.24) is 10.2 Å². The number of rotatable bonds is 3. The van der Waals surface area contributed by atoms with Crippen molar-refractivity contribution in [3.05, 3.63) is 35.9 Å². The number of likely N-dealkylation sites (tertiary alicyclic amines) is 1. The molecule has 25 heavy (non-hydrogen) atoms. The van der Waals surface area contributed by atoms with Gasteiger partial charge in [0.15, 0.2) is 0 Å². The predicted molar refractivity (Wildman–Crippen MR) is 95.2 cm³/mol. The smallest absolute Gasteiger partial charge is 0.410 e. The van der Waals surface area contributed by atoms with Crippen molar-refractivity contribution in [2.45, 2.75) is 64.8 Å². The fraction of sp³-hybridized carbons (Fsp3) is 0.579. The zero-order chi connectivity index (χ0) is 18.4. The Morgan fingerprint density at radius 3 is 2.56 bits per heavy atom. The molecule has 0 spiro atoms. The number of nitrogens with one attached hydrogen (secondary N) is 1. The lowest BCUT2D eigenvalue weighted by Gasteiger charge is -2.39. The molecule has 1 N–H and O–H groups in total. The summed E-state index contributed by atoms with van der Waals surface area (Å²) in [7, 11) is 0. The summed E-state index contributed by atoms with van der Waals surface area (Å²) < 4.78 is 10.7. The molecule has 0 radical (unpaired) electrons. The normalized spacial score (nSPS) is 20.7. The van der Waals surface area contributed by atoms with Gasteiger partial charge < -0.3 is 19.7 Å². The van der Waals surface area contributed by atoms with Crippen molar-refractivity contribution >= 4 is 12.2 Å². The zero-order valence-corrected chi connectivity index (χ0v) is 15.5. The van der Waals surface area contributed by atoms with Crippen molar-refractivity contribution in [3.8, 4) is 0 Å². The van der Waals surface area contributed by atoms with Crippen LogP contribution in [0.4, 0.5) is 9.59 Å². The molecule has 1 fully saturated rings. The Morgan fingerprint density at radius 2 is 1.92 bits per heavy atom. The fourth-order valence-electron chi connectivity index (χ4n) is 2.83.